The summed E-state index contributed by atoms with van der Waals surface area (Å²) in [6.07, 6.45) is 1.54. The van der Waals surface area contributed by atoms with Gasteiger partial charge in [0, 0.05) is 16.5 Å². The number of aromatic nitrogens is 1. The van der Waals surface area contributed by atoms with Crippen LogP contribution < -0.4 is 0 Å². The molecule has 1 aromatic heterocycles. The van der Waals surface area contributed by atoms with Gasteiger partial charge in [-0.3, -0.25) is 4.79 Å². The van der Waals surface area contributed by atoms with E-state index < -0.39 is 0 Å². The van der Waals surface area contributed by atoms with Crippen LogP contribution in [0.2, 0.25) is 0 Å². The van der Waals surface area contributed by atoms with E-state index in [2.05, 4.69) is 15.0 Å². The van der Waals surface area contributed by atoms with Crippen LogP contribution in [-0.4, -0.2) is 17.3 Å². The third kappa shape index (κ3) is 2.03. The quantitative estimate of drug-likeness (QED) is 0.297. The maximum Gasteiger partial charge on any atom is 0.197 e. The van der Waals surface area contributed by atoms with Gasteiger partial charge < -0.3 is 0 Å². The number of thiazole rings is 1. The third-order valence-corrected chi connectivity index (χ3v) is 1.76. The fourth-order valence-corrected chi connectivity index (χ4v) is 1.09. The summed E-state index contributed by atoms with van der Waals surface area (Å²) in [7, 11) is 0. The average molecular weight is 168 g/mol. The Kier molecular flexibility index (Phi) is 2.59. The van der Waals surface area contributed by atoms with E-state index in [-0.39, 0.29) is 12.3 Å². The Labute approximate surface area is 66.3 Å². The fraction of sp³-hybridized carbons (Fsp3) is 0.200. The van der Waals surface area contributed by atoms with E-state index in [0.717, 1.165) is 0 Å². The number of ketones is 1. The normalized spacial score (nSPS) is 8.73. The lowest BCUT2D eigenvalue weighted by molar-refractivity contribution is 0.100. The van der Waals surface area contributed by atoms with E-state index in [1.807, 2.05) is 0 Å². The van der Waals surface area contributed by atoms with Crippen molar-refractivity contribution in [2.24, 2.45) is 5.11 Å². The van der Waals surface area contributed by atoms with Gasteiger partial charge in [0.15, 0.2) is 10.8 Å². The number of hydrogen-bond donors (Lipinski definition) is 0. The molecule has 0 saturated carbocycles. The lowest BCUT2D eigenvalue weighted by atomic mass is 10.4. The van der Waals surface area contributed by atoms with Gasteiger partial charge in [-0.25, -0.2) is 4.98 Å². The summed E-state index contributed by atoms with van der Waals surface area (Å²) in [4.78, 5) is 17.2. The Morgan fingerprint density at radius 3 is 3.27 bits per heavy atom. The molecule has 0 saturated heterocycles. The molecule has 0 aliphatic heterocycles. The molecule has 0 aromatic carbocycles. The number of azide groups is 1. The van der Waals surface area contributed by atoms with E-state index in [4.69, 9.17) is 5.53 Å². The maximum atomic E-state index is 10.9. The molecule has 0 fully saturated rings. The first-order chi connectivity index (χ1) is 5.34. The van der Waals surface area contributed by atoms with Crippen molar-refractivity contribution in [3.05, 3.63) is 27.0 Å². The van der Waals surface area contributed by atoms with Gasteiger partial charge >= 0.3 is 0 Å². The number of carbonyl (C=O) groups excluding carboxylic acids is 1. The molecule has 0 N–H and O–H groups in total. The Morgan fingerprint density at radius 1 is 1.91 bits per heavy atom. The van der Waals surface area contributed by atoms with Crippen LogP contribution in [0.3, 0.4) is 0 Å². The average Bonchev–Trinajstić information content (AvgIpc) is 2.52. The lowest BCUT2D eigenvalue weighted by Crippen LogP contribution is -2.00. The fourth-order valence-electron chi connectivity index (χ4n) is 0.525. The standard InChI is InChI=1S/C5H4N4OS/c6-9-8-3-4(10)5-7-1-2-11-5/h1-2H,3H2. The van der Waals surface area contributed by atoms with Crippen molar-refractivity contribution in [1.82, 2.24) is 4.98 Å². The summed E-state index contributed by atoms with van der Waals surface area (Å²) in [5.74, 6) is -0.238. The summed E-state index contributed by atoms with van der Waals surface area (Å²) < 4.78 is 0. The van der Waals surface area contributed by atoms with Crippen LogP contribution in [-0.2, 0) is 0 Å². The Bertz CT molecular complexity index is 287. The van der Waals surface area contributed by atoms with Crippen LogP contribution >= 0.6 is 11.3 Å². The molecular formula is C5H4N4OS. The molecular weight excluding hydrogens is 164 g/mol. The Hall–Kier alpha value is -1.39. The number of carbonyl (C=O) groups is 1. The molecule has 0 aliphatic rings. The summed E-state index contributed by atoms with van der Waals surface area (Å²) in [6.45, 7) is -0.149. The van der Waals surface area contributed by atoms with Gasteiger partial charge in [0.1, 0.15) is 0 Å². The molecule has 5 nitrogen and oxygen atoms in total. The monoisotopic (exact) mass is 168 g/mol. The zero-order chi connectivity index (χ0) is 8.10. The van der Waals surface area contributed by atoms with E-state index in [1.54, 1.807) is 5.38 Å². The summed E-state index contributed by atoms with van der Waals surface area (Å²) in [6, 6.07) is 0. The molecule has 0 atom stereocenters. The molecule has 1 heterocycles. The van der Waals surface area contributed by atoms with Crippen LogP contribution in [0.1, 0.15) is 9.80 Å². The zero-order valence-corrected chi connectivity index (χ0v) is 6.28. The van der Waals surface area contributed by atoms with Crippen LogP contribution in [0.15, 0.2) is 16.7 Å². The van der Waals surface area contributed by atoms with Crippen molar-refractivity contribution in [3.63, 3.8) is 0 Å². The van der Waals surface area contributed by atoms with Crippen molar-refractivity contribution in [3.8, 4) is 0 Å². The number of nitrogens with zero attached hydrogens (tertiary/aromatic N) is 4. The van der Waals surface area contributed by atoms with Gasteiger partial charge in [-0.1, -0.05) is 5.11 Å². The molecule has 0 amide bonds. The van der Waals surface area contributed by atoms with E-state index in [1.165, 1.54) is 17.5 Å². The molecule has 0 aliphatic carbocycles. The minimum absolute atomic E-state index is 0.149. The smallest absolute Gasteiger partial charge is 0.197 e. The van der Waals surface area contributed by atoms with Gasteiger partial charge in [-0.15, -0.1) is 11.3 Å². The van der Waals surface area contributed by atoms with Crippen molar-refractivity contribution in [1.29, 1.82) is 0 Å². The predicted molar refractivity (Wildman–Crippen MR) is 40.5 cm³/mol. The van der Waals surface area contributed by atoms with Crippen molar-refractivity contribution < 1.29 is 4.79 Å². The van der Waals surface area contributed by atoms with Crippen molar-refractivity contribution >= 4 is 17.1 Å². The highest BCUT2D eigenvalue weighted by atomic mass is 32.1. The van der Waals surface area contributed by atoms with Crippen LogP contribution in [0.4, 0.5) is 0 Å². The highest BCUT2D eigenvalue weighted by Crippen LogP contribution is 2.04. The highest BCUT2D eigenvalue weighted by Gasteiger charge is 2.05. The SMILES string of the molecule is [N-]=[N+]=NCC(=O)c1nccs1. The Balaban J connectivity index is 2.63. The maximum absolute atomic E-state index is 10.9. The summed E-state index contributed by atoms with van der Waals surface area (Å²) in [5.41, 5.74) is 7.90. The second kappa shape index (κ2) is 3.70. The molecule has 0 radical (unpaired) electrons. The van der Waals surface area contributed by atoms with Gasteiger partial charge in [0.25, 0.3) is 0 Å². The van der Waals surface area contributed by atoms with E-state index in [0.29, 0.717) is 5.01 Å². The molecule has 1 aromatic rings. The third-order valence-electron chi connectivity index (χ3n) is 0.948. The second-order valence-corrected chi connectivity index (χ2v) is 2.54. The second-order valence-electron chi connectivity index (χ2n) is 1.65. The van der Waals surface area contributed by atoms with Gasteiger partial charge in [-0.2, -0.15) is 0 Å². The van der Waals surface area contributed by atoms with Crippen molar-refractivity contribution in [2.75, 3.05) is 6.54 Å². The minimum Gasteiger partial charge on any atom is -0.291 e. The summed E-state index contributed by atoms with van der Waals surface area (Å²) >= 11 is 1.24. The molecule has 1 rings (SSSR count). The number of Topliss-reactive ketones (excluding diaryl/α,β-unsaturated/α-hetero) is 1. The van der Waals surface area contributed by atoms with Crippen LogP contribution in [0.25, 0.3) is 10.4 Å². The zero-order valence-electron chi connectivity index (χ0n) is 5.47. The summed E-state index contributed by atoms with van der Waals surface area (Å²) in [5, 5.41) is 5.21. The minimum atomic E-state index is -0.238. The first-order valence-electron chi connectivity index (χ1n) is 2.78. The van der Waals surface area contributed by atoms with Crippen LogP contribution in [0.5, 0.6) is 0 Å². The number of hydrogen-bond acceptors (Lipinski definition) is 4. The van der Waals surface area contributed by atoms with Gasteiger partial charge in [-0.05, 0) is 5.53 Å². The highest BCUT2D eigenvalue weighted by molar-refractivity contribution is 7.11. The van der Waals surface area contributed by atoms with Crippen molar-refractivity contribution in [2.45, 2.75) is 0 Å². The predicted octanol–water partition coefficient (Wildman–Crippen LogP) is 1.64. The molecule has 0 unspecified atom stereocenters. The van der Waals surface area contributed by atoms with Gasteiger partial charge in [0.2, 0.25) is 0 Å². The Morgan fingerprint density at radius 2 is 2.73 bits per heavy atom. The molecule has 0 bridgehead atoms. The molecule has 0 spiro atoms. The first kappa shape index (κ1) is 7.71. The first-order valence-corrected chi connectivity index (χ1v) is 3.66. The number of rotatable bonds is 3. The topological polar surface area (TPSA) is 78.7 Å². The van der Waals surface area contributed by atoms with Crippen LogP contribution in [0, 0.1) is 0 Å². The van der Waals surface area contributed by atoms with E-state index in [9.17, 15) is 4.79 Å². The van der Waals surface area contributed by atoms with E-state index >= 15 is 0 Å². The molecule has 6 heteroatoms. The van der Waals surface area contributed by atoms with Gasteiger partial charge in [0.05, 0.1) is 6.54 Å². The lowest BCUT2D eigenvalue weighted by Gasteiger charge is -1.85. The largest absolute Gasteiger partial charge is 0.291 e. The molecule has 11 heavy (non-hydrogen) atoms. The molecule has 56 valence electrons.